The van der Waals surface area contributed by atoms with E-state index in [-0.39, 0.29) is 0 Å². The third-order valence-corrected chi connectivity index (χ3v) is 1.23. The lowest BCUT2D eigenvalue weighted by Gasteiger charge is -2.03. The zero-order chi connectivity index (χ0) is 7.40. The van der Waals surface area contributed by atoms with Gasteiger partial charge in [0, 0.05) is 6.20 Å². The first-order valence-electron chi connectivity index (χ1n) is 3.07. The number of alkyl halides is 1. The van der Waals surface area contributed by atoms with Gasteiger partial charge in [0.15, 0.2) is 0 Å². The first-order valence-corrected chi connectivity index (χ1v) is 3.07. The van der Waals surface area contributed by atoms with Crippen molar-refractivity contribution in [1.29, 1.82) is 0 Å². The van der Waals surface area contributed by atoms with Gasteiger partial charge in [-0.2, -0.15) is 0 Å². The highest BCUT2D eigenvalue weighted by Gasteiger charge is 2.03. The normalized spacial score (nSPS) is 13.0. The summed E-state index contributed by atoms with van der Waals surface area (Å²) in [6, 6.07) is 4.71. The largest absolute Gasteiger partial charge is 0.321 e. The Morgan fingerprint density at radius 2 is 2.40 bits per heavy atom. The molecule has 54 valence electrons. The standard InChI is InChI=1S/C7H9FN2/c8-5-6(9)7-3-1-2-4-10-7/h1-4,6H,5,9H2/t6-/m1/s1. The average Bonchev–Trinajstić information content (AvgIpc) is 2.05. The lowest BCUT2D eigenvalue weighted by Crippen LogP contribution is -2.13. The lowest BCUT2D eigenvalue weighted by molar-refractivity contribution is 0.432. The summed E-state index contributed by atoms with van der Waals surface area (Å²) in [4.78, 5) is 3.88. The molecule has 0 bridgehead atoms. The predicted molar refractivity (Wildman–Crippen MR) is 37.1 cm³/mol. The third-order valence-electron chi connectivity index (χ3n) is 1.23. The monoisotopic (exact) mass is 140 g/mol. The van der Waals surface area contributed by atoms with E-state index in [1.807, 2.05) is 0 Å². The van der Waals surface area contributed by atoms with Gasteiger partial charge in [0.25, 0.3) is 0 Å². The molecule has 0 saturated heterocycles. The number of rotatable bonds is 2. The summed E-state index contributed by atoms with van der Waals surface area (Å²) in [5.41, 5.74) is 5.96. The fourth-order valence-electron chi connectivity index (χ4n) is 0.674. The van der Waals surface area contributed by atoms with Crippen LogP contribution in [0.5, 0.6) is 0 Å². The van der Waals surface area contributed by atoms with E-state index in [2.05, 4.69) is 4.98 Å². The van der Waals surface area contributed by atoms with Crippen molar-refractivity contribution < 1.29 is 4.39 Å². The second-order valence-electron chi connectivity index (χ2n) is 2.02. The number of aromatic nitrogens is 1. The quantitative estimate of drug-likeness (QED) is 0.666. The van der Waals surface area contributed by atoms with Crippen LogP contribution in [0, 0.1) is 0 Å². The molecule has 0 aromatic carbocycles. The third kappa shape index (κ3) is 1.51. The van der Waals surface area contributed by atoms with Crippen LogP contribution >= 0.6 is 0 Å². The first-order chi connectivity index (χ1) is 4.84. The van der Waals surface area contributed by atoms with E-state index >= 15 is 0 Å². The number of pyridine rings is 1. The molecule has 1 rings (SSSR count). The van der Waals surface area contributed by atoms with Gasteiger partial charge in [-0.05, 0) is 12.1 Å². The van der Waals surface area contributed by atoms with Crippen LogP contribution in [0.1, 0.15) is 11.7 Å². The van der Waals surface area contributed by atoms with E-state index in [9.17, 15) is 4.39 Å². The number of hydrogen-bond donors (Lipinski definition) is 1. The molecule has 0 unspecified atom stereocenters. The van der Waals surface area contributed by atoms with Crippen molar-refractivity contribution in [2.75, 3.05) is 6.67 Å². The Morgan fingerprint density at radius 3 is 2.90 bits per heavy atom. The van der Waals surface area contributed by atoms with Gasteiger partial charge in [0.2, 0.25) is 0 Å². The van der Waals surface area contributed by atoms with E-state index in [0.29, 0.717) is 5.69 Å². The summed E-state index contributed by atoms with van der Waals surface area (Å²) < 4.78 is 11.9. The second-order valence-corrected chi connectivity index (χ2v) is 2.02. The molecule has 2 N–H and O–H groups in total. The van der Waals surface area contributed by atoms with E-state index in [0.717, 1.165) is 0 Å². The summed E-state index contributed by atoms with van der Waals surface area (Å²) in [5.74, 6) is 0. The van der Waals surface area contributed by atoms with Crippen molar-refractivity contribution in [3.05, 3.63) is 30.1 Å². The maximum absolute atomic E-state index is 11.9. The maximum Gasteiger partial charge on any atom is 0.110 e. The molecule has 0 amide bonds. The van der Waals surface area contributed by atoms with Crippen LogP contribution < -0.4 is 5.73 Å². The summed E-state index contributed by atoms with van der Waals surface area (Å²) in [6.45, 7) is -0.559. The Bertz CT molecular complexity index is 188. The molecule has 0 aliphatic heterocycles. The SMILES string of the molecule is N[C@H](CF)c1ccccn1. The van der Waals surface area contributed by atoms with Crippen molar-refractivity contribution >= 4 is 0 Å². The Balaban J connectivity index is 2.75. The summed E-state index contributed by atoms with van der Waals surface area (Å²) >= 11 is 0. The molecule has 2 nitrogen and oxygen atoms in total. The Kier molecular flexibility index (Phi) is 2.34. The van der Waals surface area contributed by atoms with E-state index in [1.54, 1.807) is 24.4 Å². The van der Waals surface area contributed by atoms with Crippen molar-refractivity contribution in [3.63, 3.8) is 0 Å². The molecule has 10 heavy (non-hydrogen) atoms. The van der Waals surface area contributed by atoms with Crippen molar-refractivity contribution in [3.8, 4) is 0 Å². The molecule has 3 heteroatoms. The molecule has 0 fully saturated rings. The minimum atomic E-state index is -0.568. The first kappa shape index (κ1) is 7.15. The fourth-order valence-corrected chi connectivity index (χ4v) is 0.674. The lowest BCUT2D eigenvalue weighted by atomic mass is 10.2. The van der Waals surface area contributed by atoms with Gasteiger partial charge >= 0.3 is 0 Å². The second kappa shape index (κ2) is 3.27. The average molecular weight is 140 g/mol. The molecule has 0 spiro atoms. The molecule has 0 saturated carbocycles. The van der Waals surface area contributed by atoms with Crippen LogP contribution in [-0.4, -0.2) is 11.7 Å². The molecule has 0 aliphatic rings. The smallest absolute Gasteiger partial charge is 0.110 e. The van der Waals surface area contributed by atoms with Gasteiger partial charge < -0.3 is 5.73 Å². The maximum atomic E-state index is 11.9. The number of hydrogen-bond acceptors (Lipinski definition) is 2. The summed E-state index contributed by atoms with van der Waals surface area (Å²) in [7, 11) is 0. The molecule has 0 aliphatic carbocycles. The fraction of sp³-hybridized carbons (Fsp3) is 0.286. The van der Waals surface area contributed by atoms with Gasteiger partial charge in [-0.25, -0.2) is 4.39 Å². The van der Waals surface area contributed by atoms with Crippen LogP contribution in [-0.2, 0) is 0 Å². The predicted octanol–water partition coefficient (Wildman–Crippen LogP) is 1.05. The van der Waals surface area contributed by atoms with Crippen LogP contribution in [0.25, 0.3) is 0 Å². The summed E-state index contributed by atoms with van der Waals surface area (Å²) in [6.07, 6.45) is 1.60. The molecular weight excluding hydrogens is 131 g/mol. The molecule has 1 aromatic heterocycles. The van der Waals surface area contributed by atoms with Crippen molar-refractivity contribution in [1.82, 2.24) is 4.98 Å². The van der Waals surface area contributed by atoms with E-state index in [4.69, 9.17) is 5.73 Å². The molecule has 0 radical (unpaired) electrons. The minimum Gasteiger partial charge on any atom is -0.321 e. The Labute approximate surface area is 58.9 Å². The van der Waals surface area contributed by atoms with Gasteiger partial charge in [-0.1, -0.05) is 6.07 Å². The van der Waals surface area contributed by atoms with Crippen LogP contribution in [0.4, 0.5) is 4.39 Å². The minimum absolute atomic E-state index is 0.559. The Morgan fingerprint density at radius 1 is 1.60 bits per heavy atom. The van der Waals surface area contributed by atoms with Crippen LogP contribution in [0.2, 0.25) is 0 Å². The highest BCUT2D eigenvalue weighted by molar-refractivity contribution is 5.07. The number of halogens is 1. The number of nitrogens with zero attached hydrogens (tertiary/aromatic N) is 1. The number of nitrogens with two attached hydrogens (primary N) is 1. The zero-order valence-corrected chi connectivity index (χ0v) is 5.50. The van der Waals surface area contributed by atoms with Gasteiger partial charge in [-0.3, -0.25) is 4.98 Å². The highest BCUT2D eigenvalue weighted by atomic mass is 19.1. The topological polar surface area (TPSA) is 38.9 Å². The van der Waals surface area contributed by atoms with Crippen LogP contribution in [0.15, 0.2) is 24.4 Å². The molecular formula is C7H9FN2. The van der Waals surface area contributed by atoms with E-state index in [1.165, 1.54) is 0 Å². The van der Waals surface area contributed by atoms with Crippen molar-refractivity contribution in [2.24, 2.45) is 5.73 Å². The Hall–Kier alpha value is -0.960. The molecule has 1 atom stereocenters. The summed E-state index contributed by atoms with van der Waals surface area (Å²) in [5, 5.41) is 0. The molecule has 1 heterocycles. The van der Waals surface area contributed by atoms with Crippen LogP contribution in [0.3, 0.4) is 0 Å². The van der Waals surface area contributed by atoms with Gasteiger partial charge in [0.1, 0.15) is 6.67 Å². The van der Waals surface area contributed by atoms with Crippen molar-refractivity contribution in [2.45, 2.75) is 6.04 Å². The van der Waals surface area contributed by atoms with Gasteiger partial charge in [0.05, 0.1) is 11.7 Å². The van der Waals surface area contributed by atoms with Gasteiger partial charge in [-0.15, -0.1) is 0 Å². The van der Waals surface area contributed by atoms with E-state index < -0.39 is 12.7 Å². The highest BCUT2D eigenvalue weighted by Crippen LogP contribution is 2.04. The molecule has 1 aromatic rings. The zero-order valence-electron chi connectivity index (χ0n) is 5.50.